The number of hydrogen-bond acceptors (Lipinski definition) is 4. The number of carbonyl (C=O) groups is 2. The van der Waals surface area contributed by atoms with Crippen molar-refractivity contribution >= 4 is 40.1 Å². The molecule has 1 aromatic heterocycles. The Morgan fingerprint density at radius 3 is 2.55 bits per heavy atom. The van der Waals surface area contributed by atoms with Gasteiger partial charge in [-0.2, -0.15) is 0 Å². The Kier molecular flexibility index (Phi) is 6.60. The third-order valence-corrected chi connectivity index (χ3v) is 5.11. The summed E-state index contributed by atoms with van der Waals surface area (Å²) in [6, 6.07) is 17.7. The van der Waals surface area contributed by atoms with E-state index in [2.05, 4.69) is 10.3 Å². The molecule has 168 valence electrons. The van der Waals surface area contributed by atoms with Crippen LogP contribution in [0.5, 0.6) is 11.5 Å². The first-order valence-corrected chi connectivity index (χ1v) is 10.6. The van der Waals surface area contributed by atoms with Crippen LogP contribution in [0.1, 0.15) is 23.0 Å². The third kappa shape index (κ3) is 5.51. The molecule has 0 fully saturated rings. The number of aromatic amines is 1. The molecule has 0 aliphatic carbocycles. The molecule has 0 bridgehead atoms. The highest BCUT2D eigenvalue weighted by Gasteiger charge is 2.12. The molecule has 33 heavy (non-hydrogen) atoms. The van der Waals surface area contributed by atoms with E-state index in [4.69, 9.17) is 21.1 Å². The maximum atomic E-state index is 13.4. The van der Waals surface area contributed by atoms with Crippen molar-refractivity contribution in [1.82, 2.24) is 4.98 Å². The standard InChI is InChI=1S/C25H20ClFN2O4/c1-2-32-24(30)12-15-3-10-23(20(26)11-15)33-19-7-5-18(6-8-19)28-25(31)22-14-16-13-17(27)4-9-21(16)29-22/h3-11,13-14,29H,2,12H2,1H3,(H,28,31). The van der Waals surface area contributed by atoms with Crippen molar-refractivity contribution in [3.63, 3.8) is 0 Å². The highest BCUT2D eigenvalue weighted by Crippen LogP contribution is 2.31. The van der Waals surface area contributed by atoms with Gasteiger partial charge in [0.1, 0.15) is 23.0 Å². The molecule has 0 saturated heterocycles. The van der Waals surface area contributed by atoms with Crippen LogP contribution < -0.4 is 10.1 Å². The van der Waals surface area contributed by atoms with Crippen LogP contribution in [0, 0.1) is 5.82 Å². The highest BCUT2D eigenvalue weighted by atomic mass is 35.5. The minimum atomic E-state index is -0.363. The molecule has 8 heteroatoms. The van der Waals surface area contributed by atoms with Gasteiger partial charge in [0.05, 0.1) is 18.1 Å². The van der Waals surface area contributed by atoms with Gasteiger partial charge in [0.2, 0.25) is 0 Å². The fraction of sp³-hybridized carbons (Fsp3) is 0.120. The molecule has 0 radical (unpaired) electrons. The van der Waals surface area contributed by atoms with Crippen LogP contribution in [0.15, 0.2) is 66.7 Å². The van der Waals surface area contributed by atoms with Crippen LogP contribution in [0.2, 0.25) is 5.02 Å². The number of fused-ring (bicyclic) bond motifs is 1. The summed E-state index contributed by atoms with van der Waals surface area (Å²) in [5, 5.41) is 3.77. The lowest BCUT2D eigenvalue weighted by molar-refractivity contribution is -0.142. The number of ether oxygens (including phenoxy) is 2. The van der Waals surface area contributed by atoms with E-state index >= 15 is 0 Å². The molecule has 1 amide bonds. The van der Waals surface area contributed by atoms with E-state index in [1.54, 1.807) is 61.5 Å². The predicted octanol–water partition coefficient (Wildman–Crippen LogP) is 6.11. The number of benzene rings is 3. The van der Waals surface area contributed by atoms with Gasteiger partial charge in [0.25, 0.3) is 5.91 Å². The second-order valence-corrected chi connectivity index (χ2v) is 7.65. The quantitative estimate of drug-likeness (QED) is 0.322. The number of nitrogens with one attached hydrogen (secondary N) is 2. The maximum Gasteiger partial charge on any atom is 0.310 e. The number of hydrogen-bond donors (Lipinski definition) is 2. The molecule has 0 saturated carbocycles. The highest BCUT2D eigenvalue weighted by molar-refractivity contribution is 6.32. The number of esters is 1. The van der Waals surface area contributed by atoms with E-state index in [1.165, 1.54) is 12.1 Å². The lowest BCUT2D eigenvalue weighted by Gasteiger charge is -2.10. The predicted molar refractivity (Wildman–Crippen MR) is 125 cm³/mol. The molecule has 1 heterocycles. The number of halogens is 2. The van der Waals surface area contributed by atoms with Crippen molar-refractivity contribution in [2.24, 2.45) is 0 Å². The van der Waals surface area contributed by atoms with E-state index in [-0.39, 0.29) is 24.1 Å². The maximum absolute atomic E-state index is 13.4. The fourth-order valence-electron chi connectivity index (χ4n) is 3.27. The van der Waals surface area contributed by atoms with Crippen LogP contribution >= 0.6 is 11.6 Å². The summed E-state index contributed by atoms with van der Waals surface area (Å²) in [5.74, 6) is -0.0710. The number of carbonyl (C=O) groups excluding carboxylic acids is 2. The summed E-state index contributed by atoms with van der Waals surface area (Å²) >= 11 is 6.29. The minimum absolute atomic E-state index is 0.132. The molecule has 0 unspecified atom stereocenters. The van der Waals surface area contributed by atoms with E-state index in [0.717, 1.165) is 5.56 Å². The van der Waals surface area contributed by atoms with Crippen molar-refractivity contribution in [2.45, 2.75) is 13.3 Å². The summed E-state index contributed by atoms with van der Waals surface area (Å²) in [5.41, 5.74) is 2.29. The smallest absolute Gasteiger partial charge is 0.310 e. The molecule has 0 spiro atoms. The monoisotopic (exact) mass is 466 g/mol. The topological polar surface area (TPSA) is 80.4 Å². The zero-order valence-electron chi connectivity index (χ0n) is 17.7. The number of H-pyrrole nitrogens is 1. The summed E-state index contributed by atoms with van der Waals surface area (Å²) in [7, 11) is 0. The number of anilines is 1. The van der Waals surface area contributed by atoms with Gasteiger partial charge >= 0.3 is 5.97 Å². The van der Waals surface area contributed by atoms with Crippen molar-refractivity contribution in [3.8, 4) is 11.5 Å². The largest absolute Gasteiger partial charge is 0.466 e. The summed E-state index contributed by atoms with van der Waals surface area (Å²) in [6.07, 6.45) is 0.132. The first-order chi connectivity index (χ1) is 15.9. The summed E-state index contributed by atoms with van der Waals surface area (Å²) in [4.78, 5) is 27.1. The average molecular weight is 467 g/mol. The zero-order chi connectivity index (χ0) is 23.4. The average Bonchev–Trinajstić information content (AvgIpc) is 3.20. The van der Waals surface area contributed by atoms with Crippen molar-refractivity contribution in [2.75, 3.05) is 11.9 Å². The molecule has 0 aliphatic heterocycles. The van der Waals surface area contributed by atoms with Crippen molar-refractivity contribution in [3.05, 3.63) is 88.8 Å². The Hall–Kier alpha value is -3.84. The van der Waals surface area contributed by atoms with Gasteiger partial charge in [0.15, 0.2) is 0 Å². The molecule has 3 aromatic carbocycles. The Labute approximate surface area is 194 Å². The normalized spacial score (nSPS) is 10.8. The number of aromatic nitrogens is 1. The molecule has 2 N–H and O–H groups in total. The van der Waals surface area contributed by atoms with Crippen molar-refractivity contribution < 1.29 is 23.5 Å². The number of amides is 1. The molecule has 4 rings (SSSR count). The molecule has 0 aliphatic rings. The van der Waals surface area contributed by atoms with Gasteiger partial charge in [-0.25, -0.2) is 4.39 Å². The van der Waals surface area contributed by atoms with Crippen LogP contribution in [0.4, 0.5) is 10.1 Å². The van der Waals surface area contributed by atoms with Crippen LogP contribution in [-0.2, 0) is 16.0 Å². The lowest BCUT2D eigenvalue weighted by atomic mass is 10.1. The Morgan fingerprint density at radius 2 is 1.82 bits per heavy atom. The van der Waals surface area contributed by atoms with Gasteiger partial charge in [-0.3, -0.25) is 9.59 Å². The summed E-state index contributed by atoms with van der Waals surface area (Å²) < 4.78 is 24.1. The molecule has 0 atom stereocenters. The summed E-state index contributed by atoms with van der Waals surface area (Å²) in [6.45, 7) is 2.08. The van der Waals surface area contributed by atoms with E-state index in [9.17, 15) is 14.0 Å². The first-order valence-electron chi connectivity index (χ1n) is 10.2. The van der Waals surface area contributed by atoms with Crippen LogP contribution in [0.3, 0.4) is 0 Å². The van der Waals surface area contributed by atoms with Crippen molar-refractivity contribution in [1.29, 1.82) is 0 Å². The third-order valence-electron chi connectivity index (χ3n) is 4.82. The molecule has 6 nitrogen and oxygen atoms in total. The van der Waals surface area contributed by atoms with Crippen LogP contribution in [0.25, 0.3) is 10.9 Å². The van der Waals surface area contributed by atoms with Gasteiger partial charge in [-0.15, -0.1) is 0 Å². The fourth-order valence-corrected chi connectivity index (χ4v) is 3.52. The molecule has 4 aromatic rings. The SMILES string of the molecule is CCOC(=O)Cc1ccc(Oc2ccc(NC(=O)c3cc4cc(F)ccc4[nH]3)cc2)c(Cl)c1. The minimum Gasteiger partial charge on any atom is -0.466 e. The van der Waals surface area contributed by atoms with Gasteiger partial charge in [-0.1, -0.05) is 17.7 Å². The van der Waals surface area contributed by atoms with E-state index in [0.29, 0.717) is 45.4 Å². The zero-order valence-corrected chi connectivity index (χ0v) is 18.4. The van der Waals surface area contributed by atoms with E-state index in [1.807, 2.05) is 0 Å². The Balaban J connectivity index is 1.39. The first kappa shape index (κ1) is 22.4. The Bertz CT molecular complexity index is 1320. The Morgan fingerprint density at radius 1 is 1.03 bits per heavy atom. The lowest BCUT2D eigenvalue weighted by Crippen LogP contribution is -2.12. The second-order valence-electron chi connectivity index (χ2n) is 7.24. The second kappa shape index (κ2) is 9.75. The van der Waals surface area contributed by atoms with Gasteiger partial charge < -0.3 is 19.8 Å². The van der Waals surface area contributed by atoms with Crippen LogP contribution in [-0.4, -0.2) is 23.5 Å². The molecular weight excluding hydrogens is 447 g/mol. The molecular formula is C25H20ClFN2O4. The number of rotatable bonds is 7. The van der Waals surface area contributed by atoms with Gasteiger partial charge in [-0.05, 0) is 73.2 Å². The van der Waals surface area contributed by atoms with Gasteiger partial charge in [0, 0.05) is 16.6 Å². The van der Waals surface area contributed by atoms with E-state index < -0.39 is 0 Å².